The number of H-pyrrole nitrogens is 1. The summed E-state index contributed by atoms with van der Waals surface area (Å²) in [6.45, 7) is 7.06. The first-order valence-electron chi connectivity index (χ1n) is 9.45. The number of amides is 1. The van der Waals surface area contributed by atoms with E-state index in [2.05, 4.69) is 10.2 Å². The first-order chi connectivity index (χ1) is 12.9. The molecule has 1 saturated heterocycles. The standard InChI is InChI=1S/C21H26ClN3O2/c1-13-11-17(22)6-7-18(13)21(27)16-5-4-10-25(12-16)20(26)9-8-19-14(2)23-24-15(19)3/h6-7,11,16H,4-5,8-10,12H2,1-3H3,(H,23,24). The number of piperidine rings is 1. The van der Waals surface area contributed by atoms with E-state index in [4.69, 9.17) is 11.6 Å². The molecule has 1 aromatic heterocycles. The molecule has 0 radical (unpaired) electrons. The Bertz CT molecular complexity index is 840. The SMILES string of the molecule is Cc1cc(Cl)ccc1C(=O)C1CCCN(C(=O)CCc2c(C)n[nH]c2C)C1. The number of halogens is 1. The van der Waals surface area contributed by atoms with Gasteiger partial charge in [-0.05, 0) is 69.4 Å². The van der Waals surface area contributed by atoms with Crippen LogP contribution in [0.2, 0.25) is 5.02 Å². The Kier molecular flexibility index (Phi) is 6.00. The van der Waals surface area contributed by atoms with Crippen molar-refractivity contribution in [1.82, 2.24) is 15.1 Å². The molecule has 0 saturated carbocycles. The number of nitrogens with zero attached hydrogens (tertiary/aromatic N) is 2. The van der Waals surface area contributed by atoms with Gasteiger partial charge in [-0.15, -0.1) is 0 Å². The molecule has 1 fully saturated rings. The molecule has 1 atom stereocenters. The largest absolute Gasteiger partial charge is 0.342 e. The Morgan fingerprint density at radius 1 is 1.30 bits per heavy atom. The third kappa shape index (κ3) is 4.41. The van der Waals surface area contributed by atoms with E-state index in [0.29, 0.717) is 30.0 Å². The molecule has 1 aliphatic heterocycles. The van der Waals surface area contributed by atoms with Gasteiger partial charge in [0, 0.05) is 41.7 Å². The van der Waals surface area contributed by atoms with Gasteiger partial charge in [-0.2, -0.15) is 5.10 Å². The van der Waals surface area contributed by atoms with E-state index in [0.717, 1.165) is 41.9 Å². The minimum atomic E-state index is -0.139. The molecule has 2 heterocycles. The molecule has 5 nitrogen and oxygen atoms in total. The van der Waals surface area contributed by atoms with Crippen LogP contribution in [0.1, 0.15) is 52.1 Å². The molecule has 0 bridgehead atoms. The zero-order valence-electron chi connectivity index (χ0n) is 16.1. The lowest BCUT2D eigenvalue weighted by Crippen LogP contribution is -2.42. The smallest absolute Gasteiger partial charge is 0.222 e. The fraction of sp³-hybridized carbons (Fsp3) is 0.476. The second-order valence-corrected chi connectivity index (χ2v) is 7.85. The maximum absolute atomic E-state index is 12.9. The quantitative estimate of drug-likeness (QED) is 0.787. The van der Waals surface area contributed by atoms with E-state index in [1.807, 2.05) is 31.7 Å². The van der Waals surface area contributed by atoms with Crippen LogP contribution in [0.4, 0.5) is 0 Å². The maximum Gasteiger partial charge on any atom is 0.222 e. The van der Waals surface area contributed by atoms with Gasteiger partial charge < -0.3 is 4.90 Å². The highest BCUT2D eigenvalue weighted by Crippen LogP contribution is 2.25. The van der Waals surface area contributed by atoms with Gasteiger partial charge >= 0.3 is 0 Å². The normalized spacial score (nSPS) is 17.2. The molecule has 1 amide bonds. The van der Waals surface area contributed by atoms with Gasteiger partial charge in [0.25, 0.3) is 0 Å². The Morgan fingerprint density at radius 2 is 2.07 bits per heavy atom. The van der Waals surface area contributed by atoms with Crippen LogP contribution in [0, 0.1) is 26.7 Å². The van der Waals surface area contributed by atoms with Crippen molar-refractivity contribution >= 4 is 23.3 Å². The lowest BCUT2D eigenvalue weighted by molar-refractivity contribution is -0.132. The average molecular weight is 388 g/mol. The van der Waals surface area contributed by atoms with Crippen molar-refractivity contribution in [3.63, 3.8) is 0 Å². The molecule has 1 aliphatic rings. The monoisotopic (exact) mass is 387 g/mol. The van der Waals surface area contributed by atoms with Crippen molar-refractivity contribution in [2.45, 2.75) is 46.5 Å². The van der Waals surface area contributed by atoms with Gasteiger partial charge in [0.15, 0.2) is 5.78 Å². The molecule has 6 heteroatoms. The molecular formula is C21H26ClN3O2. The Labute approximate surface area is 165 Å². The van der Waals surface area contributed by atoms with Crippen LogP contribution in [0.3, 0.4) is 0 Å². The average Bonchev–Trinajstić information content (AvgIpc) is 2.97. The molecule has 2 aromatic rings. The summed E-state index contributed by atoms with van der Waals surface area (Å²) < 4.78 is 0. The molecule has 0 spiro atoms. The first-order valence-corrected chi connectivity index (χ1v) is 9.83. The first kappa shape index (κ1) is 19.6. The van der Waals surface area contributed by atoms with E-state index in [1.54, 1.807) is 12.1 Å². The number of likely N-dealkylation sites (tertiary alicyclic amines) is 1. The summed E-state index contributed by atoms with van der Waals surface area (Å²) in [6.07, 6.45) is 2.81. The predicted molar refractivity (Wildman–Crippen MR) is 106 cm³/mol. The number of rotatable bonds is 5. The van der Waals surface area contributed by atoms with Crippen molar-refractivity contribution in [1.29, 1.82) is 0 Å². The molecule has 144 valence electrons. The Hall–Kier alpha value is -2.14. The summed E-state index contributed by atoms with van der Waals surface area (Å²) >= 11 is 6.00. The van der Waals surface area contributed by atoms with Crippen molar-refractivity contribution in [2.75, 3.05) is 13.1 Å². The number of Topliss-reactive ketones (excluding diaryl/α,β-unsaturated/α-hetero) is 1. The molecule has 0 aliphatic carbocycles. The van der Waals surface area contributed by atoms with Crippen molar-refractivity contribution in [3.05, 3.63) is 51.3 Å². The van der Waals surface area contributed by atoms with Crippen LogP contribution in [0.25, 0.3) is 0 Å². The number of carbonyl (C=O) groups excluding carboxylic acids is 2. The van der Waals surface area contributed by atoms with Crippen molar-refractivity contribution < 1.29 is 9.59 Å². The topological polar surface area (TPSA) is 66.1 Å². The summed E-state index contributed by atoms with van der Waals surface area (Å²) in [5.41, 5.74) is 4.69. The van der Waals surface area contributed by atoms with Gasteiger partial charge in [-0.25, -0.2) is 0 Å². The van der Waals surface area contributed by atoms with E-state index in [-0.39, 0.29) is 17.6 Å². The second-order valence-electron chi connectivity index (χ2n) is 7.41. The van der Waals surface area contributed by atoms with Gasteiger partial charge in [0.2, 0.25) is 5.91 Å². The van der Waals surface area contributed by atoms with Crippen LogP contribution in [-0.2, 0) is 11.2 Å². The van der Waals surface area contributed by atoms with Crippen molar-refractivity contribution in [3.8, 4) is 0 Å². The lowest BCUT2D eigenvalue weighted by atomic mass is 9.88. The molecular weight excluding hydrogens is 362 g/mol. The molecule has 3 rings (SSSR count). The molecule has 27 heavy (non-hydrogen) atoms. The highest BCUT2D eigenvalue weighted by atomic mass is 35.5. The number of benzene rings is 1. The predicted octanol–water partition coefficient (Wildman–Crippen LogP) is 4.04. The van der Waals surface area contributed by atoms with Crippen LogP contribution in [0.15, 0.2) is 18.2 Å². The number of hydrogen-bond acceptors (Lipinski definition) is 3. The summed E-state index contributed by atoms with van der Waals surface area (Å²) in [7, 11) is 0. The Morgan fingerprint density at radius 3 is 2.74 bits per heavy atom. The number of nitrogens with one attached hydrogen (secondary N) is 1. The highest BCUT2D eigenvalue weighted by Gasteiger charge is 2.29. The van der Waals surface area contributed by atoms with E-state index < -0.39 is 0 Å². The number of hydrogen-bond donors (Lipinski definition) is 1. The third-order valence-electron chi connectivity index (χ3n) is 5.47. The van der Waals surface area contributed by atoms with E-state index >= 15 is 0 Å². The number of aryl methyl sites for hydroxylation is 3. The van der Waals surface area contributed by atoms with Crippen LogP contribution in [0.5, 0.6) is 0 Å². The zero-order valence-corrected chi connectivity index (χ0v) is 16.9. The highest BCUT2D eigenvalue weighted by molar-refractivity contribution is 6.30. The number of aromatic nitrogens is 2. The summed E-state index contributed by atoms with van der Waals surface area (Å²) in [6, 6.07) is 5.37. The van der Waals surface area contributed by atoms with Gasteiger partial charge in [-0.3, -0.25) is 14.7 Å². The molecule has 1 N–H and O–H groups in total. The number of ketones is 1. The van der Waals surface area contributed by atoms with Crippen LogP contribution < -0.4 is 0 Å². The lowest BCUT2D eigenvalue weighted by Gasteiger charge is -2.32. The summed E-state index contributed by atoms with van der Waals surface area (Å²) in [4.78, 5) is 27.5. The van der Waals surface area contributed by atoms with Gasteiger partial charge in [0.05, 0.1) is 5.69 Å². The van der Waals surface area contributed by atoms with E-state index in [1.165, 1.54) is 0 Å². The van der Waals surface area contributed by atoms with Crippen molar-refractivity contribution in [2.24, 2.45) is 5.92 Å². The minimum Gasteiger partial charge on any atom is -0.342 e. The zero-order chi connectivity index (χ0) is 19.6. The fourth-order valence-electron chi connectivity index (χ4n) is 3.87. The maximum atomic E-state index is 12.9. The third-order valence-corrected chi connectivity index (χ3v) is 5.70. The summed E-state index contributed by atoms with van der Waals surface area (Å²) in [5.74, 6) is 0.0866. The summed E-state index contributed by atoms with van der Waals surface area (Å²) in [5, 5.41) is 7.78. The van der Waals surface area contributed by atoms with Crippen LogP contribution in [-0.4, -0.2) is 39.9 Å². The molecule has 1 aromatic carbocycles. The number of carbonyl (C=O) groups is 2. The number of aromatic amines is 1. The van der Waals surface area contributed by atoms with E-state index in [9.17, 15) is 9.59 Å². The van der Waals surface area contributed by atoms with Crippen LogP contribution >= 0.6 is 11.6 Å². The fourth-order valence-corrected chi connectivity index (χ4v) is 4.10. The molecule has 1 unspecified atom stereocenters. The van der Waals surface area contributed by atoms with Gasteiger partial charge in [0.1, 0.15) is 0 Å². The van der Waals surface area contributed by atoms with Gasteiger partial charge in [-0.1, -0.05) is 11.6 Å². The second kappa shape index (κ2) is 8.26. The Balaban J connectivity index is 1.63. The minimum absolute atomic E-state index is 0.111.